The molecular formula is C13H13N. The molecule has 0 saturated heterocycles. The first kappa shape index (κ1) is 10.2. The van der Waals surface area contributed by atoms with Crippen LogP contribution in [0.3, 0.4) is 0 Å². The lowest BCUT2D eigenvalue weighted by molar-refractivity contribution is 1.25. The van der Waals surface area contributed by atoms with Crippen LogP contribution >= 0.6 is 0 Å². The summed E-state index contributed by atoms with van der Waals surface area (Å²) >= 11 is 0. The van der Waals surface area contributed by atoms with E-state index in [0.717, 1.165) is 22.5 Å². The summed E-state index contributed by atoms with van der Waals surface area (Å²) < 4.78 is 0. The third kappa shape index (κ3) is 1.72. The van der Waals surface area contributed by atoms with Gasteiger partial charge < -0.3 is 0 Å². The molecule has 0 unspecified atom stereocenters. The second-order valence-electron chi connectivity index (χ2n) is 2.75. The number of aromatic nitrogens is 1. The van der Waals surface area contributed by atoms with Gasteiger partial charge in [0.25, 0.3) is 0 Å². The smallest absolute Gasteiger partial charge is 0.0703 e. The molecule has 0 fully saturated rings. The van der Waals surface area contributed by atoms with E-state index < -0.39 is 0 Å². The Morgan fingerprint density at radius 2 is 1.21 bits per heavy atom. The highest BCUT2D eigenvalue weighted by molar-refractivity contribution is 5.69. The van der Waals surface area contributed by atoms with E-state index in [4.69, 9.17) is 0 Å². The van der Waals surface area contributed by atoms with E-state index in [0.29, 0.717) is 0 Å². The summed E-state index contributed by atoms with van der Waals surface area (Å²) in [6, 6.07) is 1.97. The van der Waals surface area contributed by atoms with Gasteiger partial charge in [0, 0.05) is 11.1 Å². The highest BCUT2D eigenvalue weighted by Crippen LogP contribution is 2.17. The van der Waals surface area contributed by atoms with E-state index in [9.17, 15) is 0 Å². The maximum Gasteiger partial charge on any atom is 0.0703 e. The first-order chi connectivity index (χ1) is 6.76. The van der Waals surface area contributed by atoms with Crippen molar-refractivity contribution in [2.24, 2.45) is 0 Å². The highest BCUT2D eigenvalue weighted by Gasteiger charge is 2.02. The Bertz CT molecular complexity index is 326. The van der Waals surface area contributed by atoms with Gasteiger partial charge in [0.15, 0.2) is 0 Å². The van der Waals surface area contributed by atoms with Gasteiger partial charge >= 0.3 is 0 Å². The number of nitrogens with zero attached hydrogens (tertiary/aromatic N) is 1. The Morgan fingerprint density at radius 3 is 1.50 bits per heavy atom. The van der Waals surface area contributed by atoms with Crippen LogP contribution < -0.4 is 0 Å². The van der Waals surface area contributed by atoms with Crippen molar-refractivity contribution in [1.82, 2.24) is 4.98 Å². The van der Waals surface area contributed by atoms with Crippen LogP contribution in [0.5, 0.6) is 0 Å². The second kappa shape index (κ2) is 4.38. The quantitative estimate of drug-likeness (QED) is 0.694. The first-order valence-electron chi connectivity index (χ1n) is 4.31. The van der Waals surface area contributed by atoms with Gasteiger partial charge in [0.1, 0.15) is 0 Å². The molecule has 0 aliphatic heterocycles. The van der Waals surface area contributed by atoms with Crippen LogP contribution in [0.15, 0.2) is 32.4 Å². The number of pyridine rings is 1. The SMILES string of the molecule is C=Cc1cc(C=C)c(C=C)nc1C=C. The summed E-state index contributed by atoms with van der Waals surface area (Å²) in [5, 5.41) is 0. The van der Waals surface area contributed by atoms with Crippen molar-refractivity contribution in [1.29, 1.82) is 0 Å². The van der Waals surface area contributed by atoms with Gasteiger partial charge in [-0.25, -0.2) is 4.98 Å². The summed E-state index contributed by atoms with van der Waals surface area (Å²) in [6.45, 7) is 14.8. The van der Waals surface area contributed by atoms with Crippen molar-refractivity contribution in [3.8, 4) is 0 Å². The minimum absolute atomic E-state index is 0.820. The zero-order chi connectivity index (χ0) is 10.6. The molecule has 70 valence electrons. The van der Waals surface area contributed by atoms with Crippen molar-refractivity contribution in [2.75, 3.05) is 0 Å². The molecule has 1 aromatic rings. The predicted molar refractivity (Wildman–Crippen MR) is 64.6 cm³/mol. The van der Waals surface area contributed by atoms with Gasteiger partial charge in [0.05, 0.1) is 11.4 Å². The summed E-state index contributed by atoms with van der Waals surface area (Å²) in [4.78, 5) is 4.37. The zero-order valence-corrected chi connectivity index (χ0v) is 8.16. The van der Waals surface area contributed by atoms with Gasteiger partial charge in [-0.3, -0.25) is 0 Å². The van der Waals surface area contributed by atoms with Crippen molar-refractivity contribution in [2.45, 2.75) is 0 Å². The fourth-order valence-electron chi connectivity index (χ4n) is 1.23. The molecule has 0 aliphatic rings. The molecule has 1 rings (SSSR count). The Hall–Kier alpha value is -1.89. The summed E-state index contributed by atoms with van der Waals surface area (Å²) in [5.41, 5.74) is 3.56. The van der Waals surface area contributed by atoms with E-state index in [2.05, 4.69) is 31.3 Å². The van der Waals surface area contributed by atoms with Crippen LogP contribution in [0.25, 0.3) is 24.3 Å². The van der Waals surface area contributed by atoms with Crippen LogP contribution in [-0.2, 0) is 0 Å². The van der Waals surface area contributed by atoms with E-state index in [1.807, 2.05) is 6.07 Å². The van der Waals surface area contributed by atoms with E-state index in [-0.39, 0.29) is 0 Å². The van der Waals surface area contributed by atoms with Gasteiger partial charge in [-0.2, -0.15) is 0 Å². The van der Waals surface area contributed by atoms with Crippen molar-refractivity contribution in [3.05, 3.63) is 54.9 Å². The van der Waals surface area contributed by atoms with E-state index in [1.165, 1.54) is 0 Å². The molecule has 0 aliphatic carbocycles. The van der Waals surface area contributed by atoms with Gasteiger partial charge in [0.2, 0.25) is 0 Å². The maximum absolute atomic E-state index is 4.37. The van der Waals surface area contributed by atoms with Crippen LogP contribution in [0.1, 0.15) is 22.5 Å². The Labute approximate surface area is 84.8 Å². The lowest BCUT2D eigenvalue weighted by Crippen LogP contribution is -1.93. The van der Waals surface area contributed by atoms with Crippen LogP contribution in [-0.4, -0.2) is 4.98 Å². The fourth-order valence-corrected chi connectivity index (χ4v) is 1.23. The lowest BCUT2D eigenvalue weighted by Gasteiger charge is -2.05. The molecule has 1 nitrogen and oxygen atoms in total. The van der Waals surface area contributed by atoms with Gasteiger partial charge in [-0.1, -0.05) is 38.5 Å². The molecule has 0 aromatic carbocycles. The summed E-state index contributed by atoms with van der Waals surface area (Å²) in [5.74, 6) is 0. The Morgan fingerprint density at radius 1 is 0.786 bits per heavy atom. The maximum atomic E-state index is 4.37. The van der Waals surface area contributed by atoms with Crippen molar-refractivity contribution < 1.29 is 0 Å². The molecule has 1 heterocycles. The van der Waals surface area contributed by atoms with Crippen molar-refractivity contribution in [3.63, 3.8) is 0 Å². The third-order valence-corrected chi connectivity index (χ3v) is 1.97. The number of hydrogen-bond donors (Lipinski definition) is 0. The van der Waals surface area contributed by atoms with Crippen LogP contribution in [0, 0.1) is 0 Å². The molecule has 1 aromatic heterocycles. The highest BCUT2D eigenvalue weighted by atomic mass is 14.7. The Balaban J connectivity index is 3.49. The molecule has 0 spiro atoms. The van der Waals surface area contributed by atoms with Gasteiger partial charge in [-0.15, -0.1) is 0 Å². The minimum Gasteiger partial charge on any atom is -0.248 e. The predicted octanol–water partition coefficient (Wildman–Crippen LogP) is 3.65. The first-order valence-corrected chi connectivity index (χ1v) is 4.31. The van der Waals surface area contributed by atoms with E-state index >= 15 is 0 Å². The number of hydrogen-bond acceptors (Lipinski definition) is 1. The third-order valence-electron chi connectivity index (χ3n) is 1.97. The molecular weight excluding hydrogens is 170 g/mol. The molecule has 0 saturated carbocycles. The average Bonchev–Trinajstić information content (AvgIpc) is 2.26. The van der Waals surface area contributed by atoms with Gasteiger partial charge in [-0.05, 0) is 18.2 Å². The normalized spacial score (nSPS) is 9.14. The minimum atomic E-state index is 0.820. The molecule has 0 N–H and O–H groups in total. The summed E-state index contributed by atoms with van der Waals surface area (Å²) in [6.07, 6.45) is 6.92. The van der Waals surface area contributed by atoms with E-state index in [1.54, 1.807) is 24.3 Å². The molecule has 14 heavy (non-hydrogen) atoms. The molecule has 0 atom stereocenters. The lowest BCUT2D eigenvalue weighted by atomic mass is 10.1. The van der Waals surface area contributed by atoms with Crippen LogP contribution in [0.4, 0.5) is 0 Å². The zero-order valence-electron chi connectivity index (χ0n) is 8.16. The topological polar surface area (TPSA) is 12.9 Å². The molecule has 0 radical (unpaired) electrons. The summed E-state index contributed by atoms with van der Waals surface area (Å²) in [7, 11) is 0. The Kier molecular flexibility index (Phi) is 3.19. The molecule has 0 amide bonds. The average molecular weight is 183 g/mol. The number of rotatable bonds is 4. The largest absolute Gasteiger partial charge is 0.248 e. The van der Waals surface area contributed by atoms with Crippen molar-refractivity contribution >= 4 is 24.3 Å². The molecule has 1 heteroatoms. The monoisotopic (exact) mass is 183 g/mol. The van der Waals surface area contributed by atoms with Crippen LogP contribution in [0.2, 0.25) is 0 Å². The fraction of sp³-hybridized carbons (Fsp3) is 0. The standard InChI is InChI=1S/C13H13N/c1-5-10-9-11(6-2)13(8-4)14-12(10)7-3/h5-9H,1-4H2. The second-order valence-corrected chi connectivity index (χ2v) is 2.75. The molecule has 0 bridgehead atoms.